The van der Waals surface area contributed by atoms with Gasteiger partial charge in [-0.15, -0.1) is 0 Å². The lowest BCUT2D eigenvalue weighted by molar-refractivity contribution is -0.384. The Balaban J connectivity index is 1.88. The second-order valence-electron chi connectivity index (χ2n) is 7.01. The first-order valence-electron chi connectivity index (χ1n) is 10.1. The van der Waals surface area contributed by atoms with E-state index >= 15 is 0 Å². The highest BCUT2D eigenvalue weighted by Crippen LogP contribution is 2.33. The molecule has 0 atom stereocenters. The normalized spacial score (nSPS) is 11.1. The Morgan fingerprint density at radius 3 is 2.40 bits per heavy atom. The summed E-state index contributed by atoms with van der Waals surface area (Å²) >= 11 is 0. The van der Waals surface area contributed by atoms with Gasteiger partial charge in [-0.1, -0.05) is 30.3 Å². The minimum Gasteiger partial charge on any atom is -0.493 e. The molecule has 1 N–H and O–H groups in total. The van der Waals surface area contributed by atoms with Crippen LogP contribution < -0.4 is 19.2 Å². The van der Waals surface area contributed by atoms with Crippen molar-refractivity contribution in [2.45, 2.75) is 4.90 Å². The summed E-state index contributed by atoms with van der Waals surface area (Å²) in [6.07, 6.45) is 1.22. The van der Waals surface area contributed by atoms with Crippen LogP contribution in [0, 0.1) is 10.1 Å². The van der Waals surface area contributed by atoms with Crippen LogP contribution in [0.3, 0.4) is 0 Å². The number of nitro benzene ring substituents is 1. The zero-order valence-electron chi connectivity index (χ0n) is 18.8. The number of nitrogens with zero attached hydrogens (tertiary/aromatic N) is 3. The average Bonchev–Trinajstić information content (AvgIpc) is 2.87. The third kappa shape index (κ3) is 6.12. The van der Waals surface area contributed by atoms with Crippen LogP contribution in [0.1, 0.15) is 5.56 Å². The predicted molar refractivity (Wildman–Crippen MR) is 129 cm³/mol. The van der Waals surface area contributed by atoms with E-state index in [0.717, 1.165) is 4.31 Å². The molecular formula is C23H22N4O7S. The third-order valence-electron chi connectivity index (χ3n) is 4.76. The first-order chi connectivity index (χ1) is 16.8. The zero-order valence-corrected chi connectivity index (χ0v) is 19.6. The fourth-order valence-electron chi connectivity index (χ4n) is 3.08. The van der Waals surface area contributed by atoms with Crippen LogP contribution in [0.2, 0.25) is 0 Å². The van der Waals surface area contributed by atoms with Crippen LogP contribution in [0.15, 0.2) is 82.8 Å². The molecule has 0 saturated heterocycles. The molecule has 3 aromatic rings. The third-order valence-corrected chi connectivity index (χ3v) is 6.55. The molecule has 0 bridgehead atoms. The number of carbonyl (C=O) groups excluding carboxylic acids is 1. The van der Waals surface area contributed by atoms with E-state index in [4.69, 9.17) is 9.47 Å². The van der Waals surface area contributed by atoms with Gasteiger partial charge in [-0.25, -0.2) is 13.8 Å². The number of sulfonamides is 1. The Kier molecular flexibility index (Phi) is 8.00. The number of nitro groups is 1. The maximum atomic E-state index is 13.4. The Hall–Kier alpha value is -4.45. The number of methoxy groups -OCH3 is 2. The maximum absolute atomic E-state index is 13.4. The molecule has 35 heavy (non-hydrogen) atoms. The van der Waals surface area contributed by atoms with E-state index in [1.165, 1.54) is 69.0 Å². The number of carbonyl (C=O) groups is 1. The summed E-state index contributed by atoms with van der Waals surface area (Å²) in [4.78, 5) is 23.0. The summed E-state index contributed by atoms with van der Waals surface area (Å²) in [7, 11) is -1.28. The monoisotopic (exact) mass is 498 g/mol. The standard InChI is InChI=1S/C23H22N4O7S/c1-33-21-12-11-18(14-22(21)34-2)26(35(31,32)20-9-4-3-5-10-20)16-23(28)25-24-15-17-7-6-8-19(13-17)27(29)30/h3-15H,16H2,1-2H3,(H,25,28)/b24-15-. The second kappa shape index (κ2) is 11.1. The summed E-state index contributed by atoms with van der Waals surface area (Å²) in [5, 5.41) is 14.7. The van der Waals surface area contributed by atoms with Gasteiger partial charge in [-0.2, -0.15) is 5.10 Å². The molecule has 1 amide bonds. The lowest BCUT2D eigenvalue weighted by atomic mass is 10.2. The number of hydrazone groups is 1. The van der Waals surface area contributed by atoms with E-state index < -0.39 is 27.4 Å². The van der Waals surface area contributed by atoms with Gasteiger partial charge in [0.25, 0.3) is 21.6 Å². The molecular weight excluding hydrogens is 476 g/mol. The summed E-state index contributed by atoms with van der Waals surface area (Å²) in [6, 6.07) is 17.8. The van der Waals surface area contributed by atoms with Crippen LogP contribution in [0.4, 0.5) is 11.4 Å². The van der Waals surface area contributed by atoms with Gasteiger partial charge in [-0.3, -0.25) is 19.2 Å². The molecule has 3 aromatic carbocycles. The van der Waals surface area contributed by atoms with Gasteiger partial charge in [0, 0.05) is 23.8 Å². The second-order valence-corrected chi connectivity index (χ2v) is 8.87. The maximum Gasteiger partial charge on any atom is 0.270 e. The molecule has 0 fully saturated rings. The number of ether oxygens (including phenoxy) is 2. The highest BCUT2D eigenvalue weighted by atomic mass is 32.2. The molecule has 12 heteroatoms. The van der Waals surface area contributed by atoms with Crippen molar-refractivity contribution in [3.63, 3.8) is 0 Å². The number of amides is 1. The van der Waals surface area contributed by atoms with Crippen LogP contribution in [-0.4, -0.2) is 46.2 Å². The van der Waals surface area contributed by atoms with E-state index in [2.05, 4.69) is 10.5 Å². The molecule has 0 radical (unpaired) electrons. The number of anilines is 1. The van der Waals surface area contributed by atoms with E-state index in [1.54, 1.807) is 24.3 Å². The Labute approximate surface area is 201 Å². The Morgan fingerprint density at radius 1 is 1.03 bits per heavy atom. The first-order valence-corrected chi connectivity index (χ1v) is 11.6. The van der Waals surface area contributed by atoms with Crippen molar-refractivity contribution >= 4 is 33.5 Å². The highest BCUT2D eigenvalue weighted by molar-refractivity contribution is 7.92. The van der Waals surface area contributed by atoms with Gasteiger partial charge in [0.05, 0.1) is 35.9 Å². The topological polar surface area (TPSA) is 140 Å². The van der Waals surface area contributed by atoms with E-state index in [-0.39, 0.29) is 22.0 Å². The van der Waals surface area contributed by atoms with Crippen LogP contribution in [0.5, 0.6) is 11.5 Å². The van der Waals surface area contributed by atoms with Gasteiger partial charge >= 0.3 is 0 Å². The Morgan fingerprint density at radius 2 is 1.74 bits per heavy atom. The molecule has 11 nitrogen and oxygen atoms in total. The molecule has 0 aliphatic carbocycles. The van der Waals surface area contributed by atoms with Crippen molar-refractivity contribution in [1.82, 2.24) is 5.43 Å². The number of hydrogen-bond acceptors (Lipinski definition) is 8. The van der Waals surface area contributed by atoms with Crippen molar-refractivity contribution in [2.24, 2.45) is 5.10 Å². The van der Waals surface area contributed by atoms with E-state index in [9.17, 15) is 23.3 Å². The average molecular weight is 499 g/mol. The minimum atomic E-state index is -4.14. The van der Waals surface area contributed by atoms with Crippen molar-refractivity contribution in [3.05, 3.63) is 88.5 Å². The largest absolute Gasteiger partial charge is 0.493 e. The number of benzene rings is 3. The fraction of sp³-hybridized carbons (Fsp3) is 0.130. The van der Waals surface area contributed by atoms with Gasteiger partial charge in [0.1, 0.15) is 6.54 Å². The first kappa shape index (κ1) is 25.2. The summed E-state index contributed by atoms with van der Waals surface area (Å²) in [5.41, 5.74) is 2.68. The minimum absolute atomic E-state index is 0.0114. The molecule has 0 saturated carbocycles. The molecule has 0 aliphatic rings. The SMILES string of the molecule is COc1ccc(N(CC(=O)N/N=C\c2cccc([N+](=O)[O-])c2)S(=O)(=O)c2ccccc2)cc1OC. The zero-order chi connectivity index (χ0) is 25.4. The molecule has 182 valence electrons. The Bertz CT molecular complexity index is 1340. The van der Waals surface area contributed by atoms with Gasteiger partial charge < -0.3 is 9.47 Å². The van der Waals surface area contributed by atoms with Crippen molar-refractivity contribution in [2.75, 3.05) is 25.1 Å². The van der Waals surface area contributed by atoms with Crippen LogP contribution >= 0.6 is 0 Å². The van der Waals surface area contributed by atoms with Crippen molar-refractivity contribution in [1.29, 1.82) is 0 Å². The fourth-order valence-corrected chi connectivity index (χ4v) is 4.51. The molecule has 3 rings (SSSR count). The smallest absolute Gasteiger partial charge is 0.270 e. The number of nitrogens with one attached hydrogen (secondary N) is 1. The van der Waals surface area contributed by atoms with Gasteiger partial charge in [0.15, 0.2) is 11.5 Å². The van der Waals surface area contributed by atoms with Crippen molar-refractivity contribution < 1.29 is 27.6 Å². The number of rotatable bonds is 10. The molecule has 0 heterocycles. The lowest BCUT2D eigenvalue weighted by Crippen LogP contribution is -2.39. The van der Waals surface area contributed by atoms with E-state index in [1.807, 2.05) is 0 Å². The van der Waals surface area contributed by atoms with Gasteiger partial charge in [-0.05, 0) is 24.3 Å². The lowest BCUT2D eigenvalue weighted by Gasteiger charge is -2.24. The predicted octanol–water partition coefficient (Wildman–Crippen LogP) is 2.96. The van der Waals surface area contributed by atoms with E-state index in [0.29, 0.717) is 11.3 Å². The van der Waals surface area contributed by atoms with Crippen LogP contribution in [-0.2, 0) is 14.8 Å². The van der Waals surface area contributed by atoms with Crippen molar-refractivity contribution in [3.8, 4) is 11.5 Å². The molecule has 0 aliphatic heterocycles. The van der Waals surface area contributed by atoms with Crippen LogP contribution in [0.25, 0.3) is 0 Å². The highest BCUT2D eigenvalue weighted by Gasteiger charge is 2.28. The quantitative estimate of drug-likeness (QED) is 0.257. The molecule has 0 unspecified atom stereocenters. The molecule has 0 aromatic heterocycles. The number of non-ortho nitro benzene ring substituents is 1. The summed E-state index contributed by atoms with van der Waals surface area (Å²) in [5.74, 6) is -0.0670. The molecule has 0 spiro atoms. The summed E-state index contributed by atoms with van der Waals surface area (Å²) < 4.78 is 38.2. The van der Waals surface area contributed by atoms with Gasteiger partial charge in [0.2, 0.25) is 0 Å². The summed E-state index contributed by atoms with van der Waals surface area (Å²) in [6.45, 7) is -0.598. The number of hydrogen-bond donors (Lipinski definition) is 1.